The molecule has 1 aliphatic rings. The summed E-state index contributed by atoms with van der Waals surface area (Å²) in [4.78, 5) is 13.8. The number of alkyl halides is 3. The number of nitrogens with two attached hydrogens (primary N) is 1. The van der Waals surface area contributed by atoms with Crippen LogP contribution in [-0.4, -0.2) is 48.7 Å². The van der Waals surface area contributed by atoms with Gasteiger partial charge in [-0.3, -0.25) is 10.1 Å². The van der Waals surface area contributed by atoms with Gasteiger partial charge in [0.1, 0.15) is 0 Å². The van der Waals surface area contributed by atoms with Crippen LogP contribution in [0.15, 0.2) is 0 Å². The quantitative estimate of drug-likeness (QED) is 0.797. The molecule has 19 heavy (non-hydrogen) atoms. The lowest BCUT2D eigenvalue weighted by atomic mass is 9.89. The molecule has 0 radical (unpaired) electrons. The number of likely N-dealkylation sites (tertiary alicyclic amines) is 1. The number of carbonyl (C=O) groups excluding carboxylic acids is 1. The summed E-state index contributed by atoms with van der Waals surface area (Å²) in [6, 6.07) is 0. The van der Waals surface area contributed by atoms with Crippen LogP contribution in [-0.2, 0) is 4.79 Å². The minimum atomic E-state index is -4.34. The van der Waals surface area contributed by atoms with E-state index in [9.17, 15) is 18.0 Å². The largest absolute Gasteiger partial charge is 0.401 e. The molecule has 1 rings (SSSR count). The number of rotatable bonds is 5. The van der Waals surface area contributed by atoms with Crippen molar-refractivity contribution < 1.29 is 18.0 Å². The fourth-order valence-corrected chi connectivity index (χ4v) is 2.51. The van der Waals surface area contributed by atoms with E-state index >= 15 is 0 Å². The standard InChI is InChI=1S/C12H22F3N3O/c1-2-6-18-7-3-4-11(5-8-18,10(16)19)17-9-12(13,14)15/h17H,2-9H2,1H3,(H2,16,19). The zero-order chi connectivity index (χ0) is 14.5. The first-order valence-corrected chi connectivity index (χ1v) is 6.63. The van der Waals surface area contributed by atoms with E-state index in [0.717, 1.165) is 19.5 Å². The summed E-state index contributed by atoms with van der Waals surface area (Å²) in [7, 11) is 0. The SMILES string of the molecule is CCCN1CCCC(NCC(F)(F)F)(C(N)=O)CC1. The first-order valence-electron chi connectivity index (χ1n) is 6.63. The van der Waals surface area contributed by atoms with Crippen LogP contribution in [0.5, 0.6) is 0 Å². The van der Waals surface area contributed by atoms with E-state index in [4.69, 9.17) is 5.73 Å². The van der Waals surface area contributed by atoms with Crippen molar-refractivity contribution in [2.24, 2.45) is 5.73 Å². The molecule has 7 heteroatoms. The molecule has 1 fully saturated rings. The number of hydrogen-bond acceptors (Lipinski definition) is 3. The predicted octanol–water partition coefficient (Wildman–Crippen LogP) is 1.26. The van der Waals surface area contributed by atoms with E-state index in [1.807, 2.05) is 6.92 Å². The van der Waals surface area contributed by atoms with Gasteiger partial charge in [0.25, 0.3) is 0 Å². The Morgan fingerprint density at radius 3 is 2.58 bits per heavy atom. The molecule has 0 bridgehead atoms. The summed E-state index contributed by atoms with van der Waals surface area (Å²) in [6.07, 6.45) is -1.98. The van der Waals surface area contributed by atoms with Crippen molar-refractivity contribution >= 4 is 5.91 Å². The van der Waals surface area contributed by atoms with Crippen molar-refractivity contribution in [3.63, 3.8) is 0 Å². The molecule has 3 N–H and O–H groups in total. The molecule has 4 nitrogen and oxygen atoms in total. The number of primary amides is 1. The molecule has 1 saturated heterocycles. The Balaban J connectivity index is 2.69. The maximum absolute atomic E-state index is 12.3. The Morgan fingerprint density at radius 2 is 2.05 bits per heavy atom. The zero-order valence-electron chi connectivity index (χ0n) is 11.2. The molecule has 1 unspecified atom stereocenters. The second kappa shape index (κ2) is 6.56. The fourth-order valence-electron chi connectivity index (χ4n) is 2.51. The van der Waals surface area contributed by atoms with Crippen LogP contribution in [0.3, 0.4) is 0 Å². The van der Waals surface area contributed by atoms with Crippen LogP contribution in [0.2, 0.25) is 0 Å². The van der Waals surface area contributed by atoms with Gasteiger partial charge in [-0.25, -0.2) is 0 Å². The number of halogens is 3. The van der Waals surface area contributed by atoms with Crippen molar-refractivity contribution in [3.05, 3.63) is 0 Å². The van der Waals surface area contributed by atoms with Gasteiger partial charge in [0.2, 0.25) is 5.91 Å². The Morgan fingerprint density at radius 1 is 1.37 bits per heavy atom. The topological polar surface area (TPSA) is 58.4 Å². The maximum atomic E-state index is 12.3. The van der Waals surface area contributed by atoms with Crippen molar-refractivity contribution in [3.8, 4) is 0 Å². The molecule has 1 heterocycles. The van der Waals surface area contributed by atoms with Crippen LogP contribution in [0.1, 0.15) is 32.6 Å². The third-order valence-corrected chi connectivity index (χ3v) is 3.57. The smallest absolute Gasteiger partial charge is 0.368 e. The lowest BCUT2D eigenvalue weighted by molar-refractivity contribution is -0.136. The Labute approximate surface area is 111 Å². The van der Waals surface area contributed by atoms with E-state index in [1.54, 1.807) is 0 Å². The first kappa shape index (κ1) is 16.2. The second-order valence-corrected chi connectivity index (χ2v) is 5.11. The van der Waals surface area contributed by atoms with Gasteiger partial charge in [0.15, 0.2) is 0 Å². The molecule has 1 amide bonds. The molecule has 0 aromatic carbocycles. The van der Waals surface area contributed by atoms with Gasteiger partial charge in [-0.1, -0.05) is 6.92 Å². The minimum absolute atomic E-state index is 0.332. The molecular formula is C12H22F3N3O. The summed E-state index contributed by atoms with van der Waals surface area (Å²) < 4.78 is 37.0. The second-order valence-electron chi connectivity index (χ2n) is 5.11. The third kappa shape index (κ3) is 4.99. The average Bonchev–Trinajstić information content (AvgIpc) is 2.50. The van der Waals surface area contributed by atoms with Crippen molar-refractivity contribution in [2.75, 3.05) is 26.2 Å². The predicted molar refractivity (Wildman–Crippen MR) is 66.6 cm³/mol. The molecule has 0 spiro atoms. The van der Waals surface area contributed by atoms with Crippen LogP contribution in [0.25, 0.3) is 0 Å². The normalized spacial score (nSPS) is 26.1. The van der Waals surface area contributed by atoms with Crippen LogP contribution < -0.4 is 11.1 Å². The van der Waals surface area contributed by atoms with Crippen molar-refractivity contribution in [1.82, 2.24) is 10.2 Å². The summed E-state index contributed by atoms with van der Waals surface area (Å²) in [5, 5.41) is 2.35. The van der Waals surface area contributed by atoms with Crippen LogP contribution >= 0.6 is 0 Å². The van der Waals surface area contributed by atoms with E-state index in [0.29, 0.717) is 25.8 Å². The van der Waals surface area contributed by atoms with Gasteiger partial charge < -0.3 is 10.6 Å². The monoisotopic (exact) mass is 281 g/mol. The summed E-state index contributed by atoms with van der Waals surface area (Å²) in [5.41, 5.74) is 4.11. The molecule has 0 aromatic rings. The van der Waals surface area contributed by atoms with Gasteiger partial charge in [-0.2, -0.15) is 13.2 Å². The zero-order valence-corrected chi connectivity index (χ0v) is 11.2. The van der Waals surface area contributed by atoms with Crippen molar-refractivity contribution in [1.29, 1.82) is 0 Å². The van der Waals surface area contributed by atoms with Gasteiger partial charge in [0.05, 0.1) is 12.1 Å². The number of nitrogens with zero attached hydrogens (tertiary/aromatic N) is 1. The highest BCUT2D eigenvalue weighted by Crippen LogP contribution is 2.24. The molecule has 0 saturated carbocycles. The Hall–Kier alpha value is -0.820. The Bertz CT molecular complexity index is 309. The fraction of sp³-hybridized carbons (Fsp3) is 0.917. The summed E-state index contributed by atoms with van der Waals surface area (Å²) in [6.45, 7) is 3.17. The minimum Gasteiger partial charge on any atom is -0.368 e. The molecule has 0 aromatic heterocycles. The van der Waals surface area contributed by atoms with E-state index in [1.165, 1.54) is 0 Å². The summed E-state index contributed by atoms with van der Waals surface area (Å²) >= 11 is 0. The highest BCUT2D eigenvalue weighted by Gasteiger charge is 2.41. The van der Waals surface area contributed by atoms with Crippen LogP contribution in [0, 0.1) is 0 Å². The highest BCUT2D eigenvalue weighted by atomic mass is 19.4. The van der Waals surface area contributed by atoms with E-state index in [-0.39, 0.29) is 0 Å². The van der Waals surface area contributed by atoms with E-state index < -0.39 is 24.2 Å². The molecule has 1 atom stereocenters. The number of amides is 1. The first-order chi connectivity index (χ1) is 8.79. The summed E-state index contributed by atoms with van der Waals surface area (Å²) in [5.74, 6) is -0.685. The molecule has 1 aliphatic heterocycles. The third-order valence-electron chi connectivity index (χ3n) is 3.57. The van der Waals surface area contributed by atoms with Gasteiger partial charge in [-0.15, -0.1) is 0 Å². The average molecular weight is 281 g/mol. The number of nitrogens with one attached hydrogen (secondary N) is 1. The van der Waals surface area contributed by atoms with Gasteiger partial charge in [-0.05, 0) is 38.8 Å². The van der Waals surface area contributed by atoms with E-state index in [2.05, 4.69) is 10.2 Å². The lowest BCUT2D eigenvalue weighted by Gasteiger charge is -2.31. The number of hydrogen-bond donors (Lipinski definition) is 2. The molecular weight excluding hydrogens is 259 g/mol. The van der Waals surface area contributed by atoms with Gasteiger partial charge in [0, 0.05) is 6.54 Å². The maximum Gasteiger partial charge on any atom is 0.401 e. The lowest BCUT2D eigenvalue weighted by Crippen LogP contribution is -2.58. The molecule has 112 valence electrons. The van der Waals surface area contributed by atoms with Crippen LogP contribution in [0.4, 0.5) is 13.2 Å². The van der Waals surface area contributed by atoms with Crippen molar-refractivity contribution in [2.45, 2.75) is 44.3 Å². The number of carbonyl (C=O) groups is 1. The Kier molecular flexibility index (Phi) is 5.61. The molecule has 0 aliphatic carbocycles. The highest BCUT2D eigenvalue weighted by molar-refractivity contribution is 5.84. The van der Waals surface area contributed by atoms with Gasteiger partial charge >= 0.3 is 6.18 Å².